The van der Waals surface area contributed by atoms with E-state index in [-0.39, 0.29) is 37.7 Å². The minimum atomic E-state index is 0. The van der Waals surface area contributed by atoms with E-state index >= 15 is 0 Å². The Hall–Kier alpha value is -1.54. The summed E-state index contributed by atoms with van der Waals surface area (Å²) in [5, 5.41) is 18.6. The van der Waals surface area contributed by atoms with Crippen LogP contribution in [0, 0.1) is 21.7 Å². The van der Waals surface area contributed by atoms with Crippen LogP contribution in [-0.2, 0) is 26.2 Å². The van der Waals surface area contributed by atoms with Gasteiger partial charge in [-0.1, -0.05) is 154 Å². The molecule has 0 saturated heterocycles. The third-order valence-electron chi connectivity index (χ3n) is 7.02. The fraction of sp³-hybridized carbons (Fsp3) is 0.474. The summed E-state index contributed by atoms with van der Waals surface area (Å²) < 4.78 is 0. The maximum Gasteiger partial charge on any atom is 0.117 e. The van der Waals surface area contributed by atoms with Crippen LogP contribution in [0.15, 0.2) is 95.1 Å². The Balaban J connectivity index is 0.000000556. The van der Waals surface area contributed by atoms with Crippen molar-refractivity contribution in [3.8, 4) is 11.5 Å². The van der Waals surface area contributed by atoms with Gasteiger partial charge in [0, 0.05) is 36.2 Å². The molecular weight excluding hydrogens is 651 g/mol. The Morgan fingerprint density at radius 3 is 0.953 bits per heavy atom. The molecule has 2 N–H and O–H groups in total. The zero-order valence-corrected chi connectivity index (χ0v) is 32.5. The van der Waals surface area contributed by atoms with E-state index in [9.17, 15) is 0 Å². The second-order valence-electron chi connectivity index (χ2n) is 15.0. The summed E-state index contributed by atoms with van der Waals surface area (Å²) in [5.41, 5.74) is 7.43. The SMILES string of the molecule is CC(C)(C)C1=CCC(C(C)(C)C)=C1.CC(C)(C)C1=CCC(C(C)(C)C)=C1.Oc1cccc(Cl)c1.Oc1cccc(Cl)c1.[Zr]. The van der Waals surface area contributed by atoms with Crippen LogP contribution in [0.3, 0.4) is 0 Å². The number of phenolic OH excluding ortho intramolecular Hbond substituents is 2. The molecule has 0 spiro atoms. The fourth-order valence-electron chi connectivity index (χ4n) is 4.09. The van der Waals surface area contributed by atoms with Crippen molar-refractivity contribution in [2.45, 2.75) is 95.9 Å². The predicted octanol–water partition coefficient (Wildman–Crippen LogP) is 12.8. The monoisotopic (exact) mass is 702 g/mol. The van der Waals surface area contributed by atoms with E-state index in [0.29, 0.717) is 31.7 Å². The van der Waals surface area contributed by atoms with Gasteiger partial charge in [-0.05, 0) is 82.0 Å². The van der Waals surface area contributed by atoms with Gasteiger partial charge in [0.25, 0.3) is 0 Å². The zero-order valence-electron chi connectivity index (χ0n) is 28.5. The van der Waals surface area contributed by atoms with E-state index < -0.39 is 0 Å². The van der Waals surface area contributed by atoms with E-state index in [1.54, 1.807) is 47.5 Å². The van der Waals surface area contributed by atoms with Gasteiger partial charge in [0.15, 0.2) is 0 Å². The van der Waals surface area contributed by atoms with E-state index in [4.69, 9.17) is 33.4 Å². The van der Waals surface area contributed by atoms with Crippen LogP contribution in [0.2, 0.25) is 10.0 Å². The molecule has 0 aromatic heterocycles. The van der Waals surface area contributed by atoms with Gasteiger partial charge < -0.3 is 10.2 Å². The standard InChI is InChI=1S/2C13H22.2C6H5ClO.Zr/c2*1-12(2,3)10-7-8-11(9-10)13(4,5)6;2*7-5-2-1-3-6(8)4-5;/h2*7,9H,8H2,1-6H3;2*1-4,8H;. The normalized spacial score (nSPS) is 14.7. The first-order valence-electron chi connectivity index (χ1n) is 14.7. The summed E-state index contributed by atoms with van der Waals surface area (Å²) in [6, 6.07) is 12.9. The number of benzene rings is 2. The predicted molar refractivity (Wildman–Crippen MR) is 186 cm³/mol. The largest absolute Gasteiger partial charge is 0.508 e. The van der Waals surface area contributed by atoms with Crippen LogP contribution in [0.1, 0.15) is 95.9 Å². The van der Waals surface area contributed by atoms with Crippen molar-refractivity contribution >= 4 is 23.2 Å². The summed E-state index contributed by atoms with van der Waals surface area (Å²) in [6.07, 6.45) is 11.8. The molecule has 0 fully saturated rings. The van der Waals surface area contributed by atoms with Crippen molar-refractivity contribution in [3.05, 3.63) is 105 Å². The Bertz CT molecular complexity index is 1150. The summed E-state index contributed by atoms with van der Waals surface area (Å²) in [5.74, 6) is 0.412. The Kier molecular flexibility index (Phi) is 16.6. The molecule has 2 aromatic carbocycles. The molecule has 4 rings (SSSR count). The fourth-order valence-corrected chi connectivity index (χ4v) is 4.46. The smallest absolute Gasteiger partial charge is 0.117 e. The maximum absolute atomic E-state index is 8.73. The Morgan fingerprint density at radius 1 is 0.512 bits per heavy atom. The number of aromatic hydroxyl groups is 2. The van der Waals surface area contributed by atoms with Gasteiger partial charge in [-0.3, -0.25) is 0 Å². The Labute approximate surface area is 292 Å². The minimum absolute atomic E-state index is 0. The second kappa shape index (κ2) is 17.2. The zero-order chi connectivity index (χ0) is 32.5. The van der Waals surface area contributed by atoms with Gasteiger partial charge in [0.1, 0.15) is 11.5 Å². The van der Waals surface area contributed by atoms with Gasteiger partial charge in [-0.15, -0.1) is 0 Å². The summed E-state index contributed by atoms with van der Waals surface area (Å²) in [4.78, 5) is 0. The molecule has 0 radical (unpaired) electrons. The van der Waals surface area contributed by atoms with E-state index in [2.05, 4.69) is 107 Å². The van der Waals surface area contributed by atoms with Crippen molar-refractivity contribution in [2.75, 3.05) is 0 Å². The molecule has 0 aliphatic heterocycles. The van der Waals surface area contributed by atoms with Crippen LogP contribution in [-0.4, -0.2) is 10.2 Å². The molecule has 0 heterocycles. The number of allylic oxidation sites excluding steroid dienone is 8. The van der Waals surface area contributed by atoms with Gasteiger partial charge >= 0.3 is 0 Å². The molecule has 0 atom stereocenters. The average molecular weight is 705 g/mol. The average Bonchev–Trinajstić information content (AvgIpc) is 3.50. The van der Waals surface area contributed by atoms with Gasteiger partial charge in [0.05, 0.1) is 0 Å². The van der Waals surface area contributed by atoms with E-state index in [1.165, 1.54) is 23.3 Å². The topological polar surface area (TPSA) is 40.5 Å². The maximum atomic E-state index is 8.73. The minimum Gasteiger partial charge on any atom is -0.508 e. The summed E-state index contributed by atoms with van der Waals surface area (Å²) >= 11 is 11.0. The number of hydrogen-bond acceptors (Lipinski definition) is 2. The molecule has 0 saturated carbocycles. The van der Waals surface area contributed by atoms with Crippen molar-refractivity contribution in [2.24, 2.45) is 21.7 Å². The van der Waals surface area contributed by atoms with Crippen LogP contribution in [0.5, 0.6) is 11.5 Å². The third kappa shape index (κ3) is 16.4. The van der Waals surface area contributed by atoms with Crippen molar-refractivity contribution < 1.29 is 36.4 Å². The molecule has 2 aliphatic carbocycles. The van der Waals surface area contributed by atoms with Crippen molar-refractivity contribution in [1.29, 1.82) is 0 Å². The van der Waals surface area contributed by atoms with Gasteiger partial charge in [-0.2, -0.15) is 0 Å². The van der Waals surface area contributed by atoms with Crippen LogP contribution >= 0.6 is 23.2 Å². The first-order chi connectivity index (χ1) is 19.0. The van der Waals surface area contributed by atoms with Crippen molar-refractivity contribution in [3.63, 3.8) is 0 Å². The van der Waals surface area contributed by atoms with Crippen LogP contribution in [0.4, 0.5) is 0 Å². The molecule has 2 aromatic rings. The molecule has 0 amide bonds. The first kappa shape index (κ1) is 41.5. The second-order valence-corrected chi connectivity index (χ2v) is 15.9. The van der Waals surface area contributed by atoms with Crippen molar-refractivity contribution in [1.82, 2.24) is 0 Å². The third-order valence-corrected chi connectivity index (χ3v) is 7.49. The number of rotatable bonds is 0. The summed E-state index contributed by atoms with van der Waals surface area (Å²) in [6.45, 7) is 27.4. The Morgan fingerprint density at radius 2 is 0.814 bits per heavy atom. The van der Waals surface area contributed by atoms with Gasteiger partial charge in [-0.25, -0.2) is 0 Å². The van der Waals surface area contributed by atoms with E-state index in [0.717, 1.165) is 12.8 Å². The molecule has 43 heavy (non-hydrogen) atoms. The van der Waals surface area contributed by atoms with Crippen LogP contribution in [0.25, 0.3) is 0 Å². The van der Waals surface area contributed by atoms with Gasteiger partial charge in [0.2, 0.25) is 0 Å². The van der Waals surface area contributed by atoms with E-state index in [1.807, 2.05) is 0 Å². The number of halogens is 2. The molecule has 0 bridgehead atoms. The molecule has 2 aliphatic rings. The molecule has 0 unspecified atom stereocenters. The van der Waals surface area contributed by atoms with Crippen LogP contribution < -0.4 is 0 Å². The quantitative estimate of drug-likeness (QED) is 0.287. The number of phenols is 2. The first-order valence-corrected chi connectivity index (χ1v) is 15.5. The molecule has 2 nitrogen and oxygen atoms in total. The number of hydrogen-bond donors (Lipinski definition) is 2. The molecule has 236 valence electrons. The molecule has 5 heteroatoms. The molecular formula is C38H54Cl2O2Zr. The summed E-state index contributed by atoms with van der Waals surface area (Å²) in [7, 11) is 0.